The number of pyridine rings is 1. The number of anilines is 1. The zero-order valence-corrected chi connectivity index (χ0v) is 18.1. The summed E-state index contributed by atoms with van der Waals surface area (Å²) in [6.45, 7) is 3.92. The number of ether oxygens (including phenoxy) is 1. The first-order valence-electron chi connectivity index (χ1n) is 9.97. The fourth-order valence-corrected chi connectivity index (χ4v) is 5.37. The molecule has 5 heterocycles. The van der Waals surface area contributed by atoms with Crippen LogP contribution in [0.25, 0.3) is 11.1 Å². The smallest absolute Gasteiger partial charge is 0.328 e. The first-order chi connectivity index (χ1) is 15.2. The summed E-state index contributed by atoms with van der Waals surface area (Å²) in [6.07, 6.45) is -0.965. The van der Waals surface area contributed by atoms with Gasteiger partial charge < -0.3 is 19.5 Å². The quantitative estimate of drug-likeness (QED) is 0.501. The summed E-state index contributed by atoms with van der Waals surface area (Å²) in [7, 11) is 1.44. The second kappa shape index (κ2) is 6.87. The largest absolute Gasteiger partial charge is 0.372 e. The number of carbonyl (C=O) groups excluding carboxylic acids is 4. The number of amides is 5. The zero-order valence-electron chi connectivity index (χ0n) is 17.3. The Balaban J connectivity index is 1.78. The lowest BCUT2D eigenvalue weighted by Crippen LogP contribution is -2.75. The van der Waals surface area contributed by atoms with Gasteiger partial charge in [-0.15, -0.1) is 0 Å². The van der Waals surface area contributed by atoms with Gasteiger partial charge in [0.15, 0.2) is 11.1 Å². The molecule has 5 amide bonds. The van der Waals surface area contributed by atoms with Crippen LogP contribution in [0, 0.1) is 5.41 Å². The lowest BCUT2D eigenvalue weighted by molar-refractivity contribution is -0.153. The van der Waals surface area contributed by atoms with Gasteiger partial charge in [-0.3, -0.25) is 25.0 Å². The number of hydrogen-bond acceptors (Lipinski definition) is 9. The van der Waals surface area contributed by atoms with Crippen molar-refractivity contribution in [2.45, 2.75) is 38.5 Å². The van der Waals surface area contributed by atoms with Crippen molar-refractivity contribution in [1.29, 1.82) is 0 Å². The molecule has 2 fully saturated rings. The highest BCUT2D eigenvalue weighted by molar-refractivity contribution is 6.38. The molecule has 0 aromatic carbocycles. The second-order valence-electron chi connectivity index (χ2n) is 8.14. The van der Waals surface area contributed by atoms with Gasteiger partial charge in [0.2, 0.25) is 17.4 Å². The Morgan fingerprint density at radius 2 is 1.94 bits per heavy atom. The predicted molar refractivity (Wildman–Crippen MR) is 109 cm³/mol. The van der Waals surface area contributed by atoms with Gasteiger partial charge in [0, 0.05) is 20.0 Å². The summed E-state index contributed by atoms with van der Waals surface area (Å²) in [4.78, 5) is 56.7. The minimum atomic E-state index is -1.70. The van der Waals surface area contributed by atoms with E-state index in [4.69, 9.17) is 20.9 Å². The maximum Gasteiger partial charge on any atom is 0.328 e. The van der Waals surface area contributed by atoms with Crippen LogP contribution in [0.1, 0.15) is 30.0 Å². The standard InChI is InChI=1S/C19H19ClN6O6/c1-6-5-26-12-8(22-10-11(15(27)21-3)25-32-13(10)9(12)20)4-19(14(26)7(2)31-6)16(28)23-18(30)24-17(19)29/h6-7,14H,4-5H2,1-3H3,(H,21,27)(H2,23,24,28,29,30). The number of barbiturate groups is 1. The Morgan fingerprint density at radius 1 is 1.25 bits per heavy atom. The number of hydrogen-bond donors (Lipinski definition) is 3. The number of aromatic nitrogens is 2. The van der Waals surface area contributed by atoms with Crippen LogP contribution in [0.2, 0.25) is 5.02 Å². The van der Waals surface area contributed by atoms with Crippen LogP contribution in [-0.2, 0) is 20.7 Å². The molecule has 0 bridgehead atoms. The topological polar surface area (TPSA) is 156 Å². The van der Waals surface area contributed by atoms with E-state index >= 15 is 0 Å². The number of urea groups is 1. The Morgan fingerprint density at radius 3 is 2.59 bits per heavy atom. The molecule has 168 valence electrons. The van der Waals surface area contributed by atoms with Crippen LogP contribution < -0.4 is 20.9 Å². The number of nitrogens with zero attached hydrogens (tertiary/aromatic N) is 3. The summed E-state index contributed by atoms with van der Waals surface area (Å²) in [6, 6.07) is -1.65. The van der Waals surface area contributed by atoms with E-state index in [1.54, 1.807) is 6.92 Å². The predicted octanol–water partition coefficient (Wildman–Crippen LogP) is 0.127. The van der Waals surface area contributed by atoms with Crippen molar-refractivity contribution in [2.24, 2.45) is 5.41 Å². The highest BCUT2D eigenvalue weighted by atomic mass is 35.5. The van der Waals surface area contributed by atoms with Crippen molar-refractivity contribution in [3.05, 3.63) is 16.4 Å². The van der Waals surface area contributed by atoms with Gasteiger partial charge in [-0.2, -0.15) is 0 Å². The van der Waals surface area contributed by atoms with Crippen molar-refractivity contribution in [3.63, 3.8) is 0 Å². The van der Waals surface area contributed by atoms with Gasteiger partial charge in [0.25, 0.3) is 5.91 Å². The molecule has 0 aliphatic carbocycles. The molecule has 3 atom stereocenters. The maximum absolute atomic E-state index is 13.2. The zero-order chi connectivity index (χ0) is 22.9. The lowest BCUT2D eigenvalue weighted by atomic mass is 9.67. The first kappa shape index (κ1) is 20.6. The lowest BCUT2D eigenvalue weighted by Gasteiger charge is -2.55. The van der Waals surface area contributed by atoms with Crippen LogP contribution in [0.3, 0.4) is 0 Å². The molecule has 1 spiro atoms. The third-order valence-electron chi connectivity index (χ3n) is 6.22. The fraction of sp³-hybridized carbons (Fsp3) is 0.474. The molecule has 2 aromatic rings. The SMILES string of the molecule is CNC(=O)c1noc2c(Cl)c3c(nc12)CC1(C(=O)NC(=O)NC1=O)C1C(C)OC(C)CN31. The normalized spacial score (nSPS) is 26.4. The molecule has 0 radical (unpaired) electrons. The van der Waals surface area contributed by atoms with E-state index in [1.165, 1.54) is 7.05 Å². The summed E-state index contributed by atoms with van der Waals surface area (Å²) in [5, 5.41) is 10.8. The van der Waals surface area contributed by atoms with Gasteiger partial charge >= 0.3 is 6.03 Å². The minimum absolute atomic E-state index is 0.0696. The number of nitrogens with one attached hydrogen (secondary N) is 3. The third-order valence-corrected chi connectivity index (χ3v) is 6.57. The van der Waals surface area contributed by atoms with Gasteiger partial charge in [-0.25, -0.2) is 9.78 Å². The first-order valence-corrected chi connectivity index (χ1v) is 10.4. The molecule has 3 N–H and O–H groups in total. The Labute approximate surface area is 185 Å². The van der Waals surface area contributed by atoms with Gasteiger partial charge in [-0.1, -0.05) is 16.8 Å². The average Bonchev–Trinajstić information content (AvgIpc) is 3.14. The summed E-state index contributed by atoms with van der Waals surface area (Å²) < 4.78 is 11.3. The van der Waals surface area contributed by atoms with Crippen molar-refractivity contribution in [2.75, 3.05) is 18.5 Å². The molecule has 0 saturated carbocycles. The highest BCUT2D eigenvalue weighted by Gasteiger charge is 2.63. The van der Waals surface area contributed by atoms with E-state index in [0.29, 0.717) is 17.9 Å². The number of imide groups is 2. The van der Waals surface area contributed by atoms with Gasteiger partial charge in [0.05, 0.1) is 29.6 Å². The van der Waals surface area contributed by atoms with Crippen LogP contribution in [0.5, 0.6) is 0 Å². The Hall–Kier alpha value is -3.25. The molecule has 32 heavy (non-hydrogen) atoms. The van der Waals surface area contributed by atoms with Gasteiger partial charge in [-0.05, 0) is 13.8 Å². The molecule has 2 saturated heterocycles. The molecule has 3 aliphatic heterocycles. The number of fused-ring (bicyclic) bond motifs is 5. The number of halogens is 1. The van der Waals surface area contributed by atoms with Crippen LogP contribution in [0.15, 0.2) is 4.52 Å². The second-order valence-corrected chi connectivity index (χ2v) is 8.52. The third kappa shape index (κ3) is 2.59. The Kier molecular flexibility index (Phi) is 4.43. The van der Waals surface area contributed by atoms with E-state index in [1.807, 2.05) is 11.8 Å². The summed E-state index contributed by atoms with van der Waals surface area (Å²) >= 11 is 6.72. The average molecular weight is 463 g/mol. The van der Waals surface area contributed by atoms with E-state index in [9.17, 15) is 19.2 Å². The van der Waals surface area contributed by atoms with Crippen molar-refractivity contribution in [1.82, 2.24) is 26.1 Å². The van der Waals surface area contributed by atoms with Crippen LogP contribution in [0.4, 0.5) is 10.5 Å². The molecule has 13 heteroatoms. The fourth-order valence-electron chi connectivity index (χ4n) is 5.02. The Bertz CT molecular complexity index is 1190. The molecular weight excluding hydrogens is 444 g/mol. The number of rotatable bonds is 1. The molecule has 2 aromatic heterocycles. The maximum atomic E-state index is 13.2. The number of morpholine rings is 1. The molecular formula is C19H19ClN6O6. The van der Waals surface area contributed by atoms with E-state index in [-0.39, 0.29) is 34.3 Å². The van der Waals surface area contributed by atoms with Crippen molar-refractivity contribution >= 4 is 52.1 Å². The highest BCUT2D eigenvalue weighted by Crippen LogP contribution is 2.50. The molecule has 3 aliphatic rings. The summed E-state index contributed by atoms with van der Waals surface area (Å²) in [5.74, 6) is -2.01. The van der Waals surface area contributed by atoms with E-state index < -0.39 is 41.3 Å². The van der Waals surface area contributed by atoms with Crippen LogP contribution >= 0.6 is 11.6 Å². The van der Waals surface area contributed by atoms with Crippen molar-refractivity contribution in [3.8, 4) is 0 Å². The summed E-state index contributed by atoms with van der Waals surface area (Å²) in [5.41, 5.74) is -0.738. The minimum Gasteiger partial charge on any atom is -0.372 e. The monoisotopic (exact) mass is 462 g/mol. The van der Waals surface area contributed by atoms with E-state index in [0.717, 1.165) is 0 Å². The van der Waals surface area contributed by atoms with Gasteiger partial charge in [0.1, 0.15) is 10.5 Å². The molecule has 3 unspecified atom stereocenters. The number of carbonyl (C=O) groups is 4. The van der Waals surface area contributed by atoms with E-state index in [2.05, 4.69) is 26.1 Å². The van der Waals surface area contributed by atoms with Crippen molar-refractivity contribution < 1.29 is 28.4 Å². The molecule has 5 rings (SSSR count). The molecule has 12 nitrogen and oxygen atoms in total. The van der Waals surface area contributed by atoms with Crippen LogP contribution in [-0.4, -0.2) is 65.7 Å².